The topological polar surface area (TPSA) is 67.8 Å². The summed E-state index contributed by atoms with van der Waals surface area (Å²) in [6.07, 6.45) is 1.71. The van der Waals surface area contributed by atoms with Crippen LogP contribution in [0.2, 0.25) is 0 Å². The van der Waals surface area contributed by atoms with E-state index in [0.717, 1.165) is 16.9 Å². The molecule has 0 atom stereocenters. The van der Waals surface area contributed by atoms with Crippen molar-refractivity contribution < 1.29 is 9.47 Å². The number of guanidine groups is 1. The van der Waals surface area contributed by atoms with Crippen LogP contribution in [0.25, 0.3) is 0 Å². The highest BCUT2D eigenvalue weighted by atomic mass is 127. The Kier molecular flexibility index (Phi) is 9.04. The summed E-state index contributed by atoms with van der Waals surface area (Å²) >= 11 is 0. The summed E-state index contributed by atoms with van der Waals surface area (Å²) in [6.45, 7) is 3.23. The Hall–Kier alpha value is -2.03. The van der Waals surface area contributed by atoms with Gasteiger partial charge in [0.1, 0.15) is 5.75 Å². The molecular formula is C18H25IN4O2. The molecule has 0 unspecified atom stereocenters. The molecule has 0 aliphatic carbocycles. The molecule has 6 nitrogen and oxygen atoms in total. The number of aryl methyl sites for hydroxylation is 1. The van der Waals surface area contributed by atoms with Crippen LogP contribution >= 0.6 is 24.0 Å². The van der Waals surface area contributed by atoms with Gasteiger partial charge in [-0.2, -0.15) is 0 Å². The largest absolute Gasteiger partial charge is 0.496 e. The third-order valence-electron chi connectivity index (χ3n) is 3.60. The van der Waals surface area contributed by atoms with E-state index >= 15 is 0 Å². The summed E-state index contributed by atoms with van der Waals surface area (Å²) in [4.78, 5) is 8.43. The smallest absolute Gasteiger partial charge is 0.218 e. The number of nitrogens with one attached hydrogen (secondary N) is 2. The van der Waals surface area contributed by atoms with Crippen LogP contribution in [-0.2, 0) is 13.1 Å². The summed E-state index contributed by atoms with van der Waals surface area (Å²) in [7, 11) is 5.03. The molecule has 0 bridgehead atoms. The predicted octanol–water partition coefficient (Wildman–Crippen LogP) is 2.89. The highest BCUT2D eigenvalue weighted by Crippen LogP contribution is 2.19. The number of ether oxygens (including phenoxy) is 2. The van der Waals surface area contributed by atoms with Gasteiger partial charge in [-0.05, 0) is 24.6 Å². The molecule has 2 N–H and O–H groups in total. The zero-order valence-electron chi connectivity index (χ0n) is 15.0. The average molecular weight is 456 g/mol. The normalized spacial score (nSPS) is 10.6. The number of benzene rings is 1. The van der Waals surface area contributed by atoms with Crippen molar-refractivity contribution in [3.63, 3.8) is 0 Å². The minimum absolute atomic E-state index is 0. The van der Waals surface area contributed by atoms with Crippen LogP contribution in [0, 0.1) is 6.92 Å². The zero-order valence-corrected chi connectivity index (χ0v) is 17.3. The summed E-state index contributed by atoms with van der Waals surface area (Å²) < 4.78 is 10.7. The van der Waals surface area contributed by atoms with E-state index in [1.165, 1.54) is 5.56 Å². The molecule has 1 aromatic carbocycles. The van der Waals surface area contributed by atoms with Gasteiger partial charge in [0.25, 0.3) is 0 Å². The van der Waals surface area contributed by atoms with E-state index in [-0.39, 0.29) is 24.0 Å². The van der Waals surface area contributed by atoms with Crippen LogP contribution < -0.4 is 20.1 Å². The molecule has 0 aliphatic rings. The van der Waals surface area contributed by atoms with Crippen LogP contribution in [0.15, 0.2) is 41.5 Å². The van der Waals surface area contributed by atoms with Gasteiger partial charge in [0.2, 0.25) is 5.88 Å². The Balaban J connectivity index is 0.00000312. The second kappa shape index (κ2) is 10.8. The van der Waals surface area contributed by atoms with E-state index in [9.17, 15) is 0 Å². The van der Waals surface area contributed by atoms with Gasteiger partial charge < -0.3 is 20.1 Å². The van der Waals surface area contributed by atoms with E-state index in [2.05, 4.69) is 32.7 Å². The van der Waals surface area contributed by atoms with Gasteiger partial charge in [0.05, 0.1) is 14.2 Å². The van der Waals surface area contributed by atoms with Crippen molar-refractivity contribution in [2.75, 3.05) is 21.3 Å². The van der Waals surface area contributed by atoms with Crippen molar-refractivity contribution >= 4 is 29.9 Å². The monoisotopic (exact) mass is 456 g/mol. The van der Waals surface area contributed by atoms with Crippen molar-refractivity contribution in [3.05, 3.63) is 53.2 Å². The molecule has 0 radical (unpaired) electrons. The number of hydrogen-bond acceptors (Lipinski definition) is 4. The number of halogens is 1. The minimum Gasteiger partial charge on any atom is -0.496 e. The predicted molar refractivity (Wildman–Crippen MR) is 111 cm³/mol. The van der Waals surface area contributed by atoms with Crippen molar-refractivity contribution in [3.8, 4) is 11.6 Å². The number of pyridine rings is 1. The Labute approximate surface area is 166 Å². The van der Waals surface area contributed by atoms with E-state index in [1.807, 2.05) is 25.1 Å². The van der Waals surface area contributed by atoms with Gasteiger partial charge in [0.15, 0.2) is 5.96 Å². The quantitative estimate of drug-likeness (QED) is 0.398. The summed E-state index contributed by atoms with van der Waals surface area (Å²) in [5.74, 6) is 2.18. The Morgan fingerprint density at radius 2 is 1.80 bits per heavy atom. The molecule has 136 valence electrons. The van der Waals surface area contributed by atoms with Crippen molar-refractivity contribution in [1.29, 1.82) is 0 Å². The average Bonchev–Trinajstić information content (AvgIpc) is 2.62. The Morgan fingerprint density at radius 3 is 2.44 bits per heavy atom. The van der Waals surface area contributed by atoms with E-state index in [0.29, 0.717) is 24.9 Å². The highest BCUT2D eigenvalue weighted by molar-refractivity contribution is 14.0. The molecule has 1 aromatic heterocycles. The fourth-order valence-electron chi connectivity index (χ4n) is 2.32. The molecule has 2 aromatic rings. The molecule has 0 fully saturated rings. The van der Waals surface area contributed by atoms with Gasteiger partial charge in [-0.1, -0.05) is 18.2 Å². The molecule has 25 heavy (non-hydrogen) atoms. The summed E-state index contributed by atoms with van der Waals surface area (Å²) in [5, 5.41) is 6.54. The molecule has 0 amide bonds. The lowest BCUT2D eigenvalue weighted by Gasteiger charge is -2.15. The number of aromatic nitrogens is 1. The van der Waals surface area contributed by atoms with Crippen LogP contribution in [0.5, 0.6) is 11.6 Å². The van der Waals surface area contributed by atoms with Gasteiger partial charge in [-0.15, -0.1) is 24.0 Å². The maximum absolute atomic E-state index is 5.43. The Morgan fingerprint density at radius 1 is 1.08 bits per heavy atom. The molecule has 0 saturated carbocycles. The van der Waals surface area contributed by atoms with E-state index < -0.39 is 0 Å². The fourth-order valence-corrected chi connectivity index (χ4v) is 2.32. The first kappa shape index (κ1) is 21.0. The lowest BCUT2D eigenvalue weighted by molar-refractivity contribution is 0.392. The lowest BCUT2D eigenvalue weighted by atomic mass is 10.1. The molecular weight excluding hydrogens is 431 g/mol. The lowest BCUT2D eigenvalue weighted by Crippen LogP contribution is -2.36. The SMILES string of the molecule is CN=C(NCc1ccc(C)cc1OC)NCc1cccnc1OC.I. The fraction of sp³-hybridized carbons (Fsp3) is 0.333. The maximum atomic E-state index is 5.43. The van der Waals surface area contributed by atoms with Crippen molar-refractivity contribution in [2.24, 2.45) is 4.99 Å². The van der Waals surface area contributed by atoms with Gasteiger partial charge in [-0.25, -0.2) is 4.98 Å². The van der Waals surface area contributed by atoms with E-state index in [1.54, 1.807) is 27.5 Å². The first-order chi connectivity index (χ1) is 11.7. The standard InChI is InChI=1S/C18H24N4O2.HI/c1-13-7-8-14(16(10-13)23-3)11-21-18(19-2)22-12-15-6-5-9-20-17(15)24-4;/h5-10H,11-12H2,1-4H3,(H2,19,21,22);1H. The van der Waals surface area contributed by atoms with Crippen molar-refractivity contribution in [1.82, 2.24) is 15.6 Å². The number of methoxy groups -OCH3 is 2. The van der Waals surface area contributed by atoms with Gasteiger partial charge >= 0.3 is 0 Å². The van der Waals surface area contributed by atoms with Crippen LogP contribution in [0.1, 0.15) is 16.7 Å². The Bertz CT molecular complexity index is 707. The van der Waals surface area contributed by atoms with Crippen LogP contribution in [-0.4, -0.2) is 32.2 Å². The second-order valence-corrected chi connectivity index (χ2v) is 5.27. The highest BCUT2D eigenvalue weighted by Gasteiger charge is 2.07. The third kappa shape index (κ3) is 6.08. The molecule has 0 saturated heterocycles. The van der Waals surface area contributed by atoms with Crippen LogP contribution in [0.3, 0.4) is 0 Å². The number of aliphatic imine (C=N–C) groups is 1. The molecule has 1 heterocycles. The first-order valence-corrected chi connectivity index (χ1v) is 7.73. The van der Waals surface area contributed by atoms with Gasteiger partial charge in [0, 0.05) is 37.5 Å². The maximum Gasteiger partial charge on any atom is 0.218 e. The second-order valence-electron chi connectivity index (χ2n) is 5.27. The molecule has 7 heteroatoms. The van der Waals surface area contributed by atoms with Crippen molar-refractivity contribution in [2.45, 2.75) is 20.0 Å². The minimum atomic E-state index is 0. The van der Waals surface area contributed by atoms with Crippen LogP contribution in [0.4, 0.5) is 0 Å². The molecule has 0 spiro atoms. The third-order valence-corrected chi connectivity index (χ3v) is 3.60. The summed E-state index contributed by atoms with van der Waals surface area (Å²) in [6, 6.07) is 9.99. The zero-order chi connectivity index (χ0) is 17.4. The van der Waals surface area contributed by atoms with E-state index in [4.69, 9.17) is 9.47 Å². The molecule has 0 aliphatic heterocycles. The summed E-state index contributed by atoms with van der Waals surface area (Å²) in [5.41, 5.74) is 3.21. The number of hydrogen-bond donors (Lipinski definition) is 2. The number of nitrogens with zero attached hydrogens (tertiary/aromatic N) is 2. The molecule has 2 rings (SSSR count). The van der Waals surface area contributed by atoms with Gasteiger partial charge in [-0.3, -0.25) is 4.99 Å². The number of rotatable bonds is 6. The first-order valence-electron chi connectivity index (χ1n) is 7.73.